The van der Waals surface area contributed by atoms with Gasteiger partial charge in [0, 0.05) is 11.3 Å². The summed E-state index contributed by atoms with van der Waals surface area (Å²) < 4.78 is 0.790. The summed E-state index contributed by atoms with van der Waals surface area (Å²) in [5.41, 5.74) is 1.40. The number of thiophene rings is 1. The zero-order valence-corrected chi connectivity index (χ0v) is 12.2. The molecule has 0 aliphatic carbocycles. The molecule has 0 radical (unpaired) electrons. The van der Waals surface area contributed by atoms with E-state index in [0.29, 0.717) is 25.5 Å². The number of hydrogen-bond donors (Lipinski definition) is 1. The minimum absolute atomic E-state index is 0.0623. The summed E-state index contributed by atoms with van der Waals surface area (Å²) in [5.74, 6) is -0.415. The first-order valence-electron chi connectivity index (χ1n) is 5.34. The first-order valence-corrected chi connectivity index (χ1v) is 6.92. The highest BCUT2D eigenvalue weighted by molar-refractivity contribution is 7.20. The Morgan fingerprint density at radius 2 is 1.95 bits per heavy atom. The van der Waals surface area contributed by atoms with Crippen molar-refractivity contribution in [2.45, 2.75) is 6.92 Å². The Morgan fingerprint density at radius 3 is 2.53 bits per heavy atom. The summed E-state index contributed by atoms with van der Waals surface area (Å²) >= 11 is 12.8. The van der Waals surface area contributed by atoms with E-state index in [1.54, 1.807) is 24.3 Å². The molecular formula is C13H9Cl2NO2S. The van der Waals surface area contributed by atoms with Gasteiger partial charge in [-0.1, -0.05) is 35.3 Å². The average molecular weight is 314 g/mol. The monoisotopic (exact) mass is 313 g/mol. The van der Waals surface area contributed by atoms with E-state index in [1.165, 1.54) is 13.0 Å². The van der Waals surface area contributed by atoms with E-state index in [0.717, 1.165) is 11.3 Å². The molecule has 1 N–H and O–H groups in total. The lowest BCUT2D eigenvalue weighted by Crippen LogP contribution is -2.11. The fourth-order valence-corrected chi connectivity index (χ4v) is 2.97. The lowest BCUT2D eigenvalue weighted by atomic mass is 10.1. The molecule has 0 spiro atoms. The minimum Gasteiger partial charge on any atom is -0.322 e. The van der Waals surface area contributed by atoms with Gasteiger partial charge in [0.05, 0.1) is 9.90 Å². The molecule has 1 aromatic heterocycles. The van der Waals surface area contributed by atoms with Crippen LogP contribution in [0.3, 0.4) is 0 Å². The van der Waals surface area contributed by atoms with Crippen LogP contribution in [0.1, 0.15) is 27.6 Å². The van der Waals surface area contributed by atoms with Crippen LogP contribution < -0.4 is 5.32 Å². The van der Waals surface area contributed by atoms with E-state index in [1.807, 2.05) is 0 Å². The highest BCUT2D eigenvalue weighted by Gasteiger charge is 2.14. The zero-order chi connectivity index (χ0) is 14.0. The van der Waals surface area contributed by atoms with Gasteiger partial charge in [-0.05, 0) is 25.1 Å². The van der Waals surface area contributed by atoms with Crippen molar-refractivity contribution in [2.75, 3.05) is 5.32 Å². The number of hydrogen-bond acceptors (Lipinski definition) is 3. The zero-order valence-electron chi connectivity index (χ0n) is 9.87. The van der Waals surface area contributed by atoms with E-state index in [4.69, 9.17) is 23.2 Å². The Labute approximate surface area is 124 Å². The summed E-state index contributed by atoms with van der Waals surface area (Å²) in [6, 6.07) is 8.22. The number of halogens is 2. The van der Waals surface area contributed by atoms with Crippen molar-refractivity contribution < 1.29 is 9.59 Å². The number of benzene rings is 1. The third-order valence-electron chi connectivity index (χ3n) is 2.43. The number of rotatable bonds is 3. The first kappa shape index (κ1) is 14.1. The predicted molar refractivity (Wildman–Crippen MR) is 78.7 cm³/mol. The van der Waals surface area contributed by atoms with Crippen molar-refractivity contribution in [3.05, 3.63) is 50.1 Å². The topological polar surface area (TPSA) is 46.2 Å². The molecule has 19 heavy (non-hydrogen) atoms. The highest BCUT2D eigenvalue weighted by Crippen LogP contribution is 2.31. The summed E-state index contributed by atoms with van der Waals surface area (Å²) in [5, 5.41) is 2.68. The Balaban J connectivity index is 2.21. The summed E-state index contributed by atoms with van der Waals surface area (Å²) in [6.45, 7) is 1.47. The largest absolute Gasteiger partial charge is 0.322 e. The Kier molecular flexibility index (Phi) is 4.24. The number of carbonyl (C=O) groups excluding carboxylic acids is 2. The molecule has 1 aromatic carbocycles. The number of carbonyl (C=O) groups is 2. The number of nitrogens with one attached hydrogen (secondary N) is 1. The second kappa shape index (κ2) is 5.74. The normalized spacial score (nSPS) is 10.3. The Morgan fingerprint density at radius 1 is 1.21 bits per heavy atom. The van der Waals surface area contributed by atoms with Crippen LogP contribution in [0.4, 0.5) is 5.69 Å². The van der Waals surface area contributed by atoms with Gasteiger partial charge in [-0.3, -0.25) is 9.59 Å². The fourth-order valence-electron chi connectivity index (χ4n) is 1.51. The molecule has 0 aliphatic heterocycles. The standard InChI is InChI=1S/C13H9Cl2NO2S/c1-7(17)8-3-2-4-9(5-8)16-13(18)10-6-11(14)19-12(10)15/h2-6H,1H3,(H,16,18). The number of ketones is 1. The smallest absolute Gasteiger partial charge is 0.258 e. The quantitative estimate of drug-likeness (QED) is 0.847. The van der Waals surface area contributed by atoms with Crippen molar-refractivity contribution in [1.82, 2.24) is 0 Å². The van der Waals surface area contributed by atoms with Gasteiger partial charge < -0.3 is 5.32 Å². The second-order valence-electron chi connectivity index (χ2n) is 3.83. The van der Waals surface area contributed by atoms with Crippen molar-refractivity contribution in [2.24, 2.45) is 0 Å². The minimum atomic E-state index is -0.353. The van der Waals surface area contributed by atoms with Gasteiger partial charge >= 0.3 is 0 Å². The number of amides is 1. The van der Waals surface area contributed by atoms with Gasteiger partial charge in [0.1, 0.15) is 4.34 Å². The van der Waals surface area contributed by atoms with E-state index < -0.39 is 0 Å². The maximum Gasteiger partial charge on any atom is 0.258 e. The Hall–Kier alpha value is -1.36. The molecule has 0 aliphatic rings. The van der Waals surface area contributed by atoms with E-state index >= 15 is 0 Å². The molecule has 2 rings (SSSR count). The van der Waals surface area contributed by atoms with Crippen LogP contribution in [-0.4, -0.2) is 11.7 Å². The lowest BCUT2D eigenvalue weighted by molar-refractivity contribution is 0.101. The van der Waals surface area contributed by atoms with Crippen LogP contribution in [0.2, 0.25) is 8.67 Å². The maximum atomic E-state index is 12.0. The molecule has 1 heterocycles. The fraction of sp³-hybridized carbons (Fsp3) is 0.0769. The van der Waals surface area contributed by atoms with Gasteiger partial charge in [-0.15, -0.1) is 11.3 Å². The highest BCUT2D eigenvalue weighted by atomic mass is 35.5. The third kappa shape index (κ3) is 3.35. The summed E-state index contributed by atoms with van der Waals surface area (Å²) in [4.78, 5) is 23.3. The summed E-state index contributed by atoms with van der Waals surface area (Å²) in [7, 11) is 0. The predicted octanol–water partition coefficient (Wildman–Crippen LogP) is 4.51. The SMILES string of the molecule is CC(=O)c1cccc(NC(=O)c2cc(Cl)sc2Cl)c1. The van der Waals surface area contributed by atoms with Crippen molar-refractivity contribution >= 4 is 51.9 Å². The van der Waals surface area contributed by atoms with Crippen LogP contribution in [0.25, 0.3) is 0 Å². The number of Topliss-reactive ketones (excluding diaryl/α,β-unsaturated/α-hetero) is 1. The van der Waals surface area contributed by atoms with Crippen LogP contribution in [0, 0.1) is 0 Å². The molecular weight excluding hydrogens is 305 g/mol. The van der Waals surface area contributed by atoms with Gasteiger partial charge in [-0.2, -0.15) is 0 Å². The third-order valence-corrected chi connectivity index (χ3v) is 3.92. The lowest BCUT2D eigenvalue weighted by Gasteiger charge is -2.05. The molecule has 3 nitrogen and oxygen atoms in total. The molecule has 0 unspecified atom stereocenters. The molecule has 0 saturated heterocycles. The van der Waals surface area contributed by atoms with E-state index in [9.17, 15) is 9.59 Å². The molecule has 2 aromatic rings. The van der Waals surface area contributed by atoms with Crippen LogP contribution >= 0.6 is 34.5 Å². The molecule has 0 bridgehead atoms. The van der Waals surface area contributed by atoms with Crippen LogP contribution in [-0.2, 0) is 0 Å². The molecule has 6 heteroatoms. The summed E-state index contributed by atoms with van der Waals surface area (Å²) in [6.07, 6.45) is 0. The van der Waals surface area contributed by atoms with Crippen molar-refractivity contribution in [3.63, 3.8) is 0 Å². The van der Waals surface area contributed by atoms with Crippen LogP contribution in [0.15, 0.2) is 30.3 Å². The van der Waals surface area contributed by atoms with Crippen molar-refractivity contribution in [1.29, 1.82) is 0 Å². The van der Waals surface area contributed by atoms with Crippen molar-refractivity contribution in [3.8, 4) is 0 Å². The second-order valence-corrected chi connectivity index (χ2v) is 6.11. The Bertz CT molecular complexity index is 652. The average Bonchev–Trinajstić information content (AvgIpc) is 2.69. The van der Waals surface area contributed by atoms with Gasteiger partial charge in [-0.25, -0.2) is 0 Å². The molecule has 0 saturated carbocycles. The molecule has 98 valence electrons. The van der Waals surface area contributed by atoms with Gasteiger partial charge in [0.25, 0.3) is 5.91 Å². The van der Waals surface area contributed by atoms with Gasteiger partial charge in [0.2, 0.25) is 0 Å². The number of anilines is 1. The maximum absolute atomic E-state index is 12.0. The molecule has 0 fully saturated rings. The molecule has 1 amide bonds. The van der Waals surface area contributed by atoms with E-state index in [-0.39, 0.29) is 11.7 Å². The first-order chi connectivity index (χ1) is 8.97. The van der Waals surface area contributed by atoms with Gasteiger partial charge in [0.15, 0.2) is 5.78 Å². The molecule has 0 atom stereocenters. The van der Waals surface area contributed by atoms with Crippen LogP contribution in [0.5, 0.6) is 0 Å². The van der Waals surface area contributed by atoms with E-state index in [2.05, 4.69) is 5.32 Å².